The largest absolute Gasteiger partial charge is 0.410 e. The van der Waals surface area contributed by atoms with Crippen LogP contribution in [0.5, 0.6) is 0 Å². The number of amides is 1. The van der Waals surface area contributed by atoms with Gasteiger partial charge in [0.15, 0.2) is 27.3 Å². The molecule has 12 nitrogen and oxygen atoms in total. The van der Waals surface area contributed by atoms with Crippen molar-refractivity contribution < 1.29 is 26.4 Å². The van der Waals surface area contributed by atoms with Crippen molar-refractivity contribution in [2.75, 3.05) is 12.0 Å². The number of hydrogen-bond acceptors (Lipinski definition) is 8. The van der Waals surface area contributed by atoms with Crippen LogP contribution >= 0.6 is 23.2 Å². The van der Waals surface area contributed by atoms with Crippen LogP contribution in [0.25, 0.3) is 17.2 Å². The summed E-state index contributed by atoms with van der Waals surface area (Å²) in [6.45, 7) is -1.43. The van der Waals surface area contributed by atoms with Crippen molar-refractivity contribution in [1.29, 1.82) is 0 Å². The number of carbonyl (C=O) groups excluding carboxylic acids is 1. The van der Waals surface area contributed by atoms with Crippen LogP contribution in [-0.2, 0) is 27.7 Å². The summed E-state index contributed by atoms with van der Waals surface area (Å²) in [7, 11) is -3.91. The molecule has 0 saturated heterocycles. The maximum absolute atomic E-state index is 13.9. The molecule has 1 amide bonds. The first-order chi connectivity index (χ1) is 18.7. The number of nitrogens with one attached hydrogen (secondary N) is 1. The molecular weight excluding hydrogens is 600 g/mol. The van der Waals surface area contributed by atoms with Crippen molar-refractivity contribution in [3.05, 3.63) is 75.3 Å². The van der Waals surface area contributed by atoms with E-state index < -0.39 is 45.9 Å². The minimum Gasteiger partial charge on any atom is -0.342 e. The zero-order valence-corrected chi connectivity index (χ0v) is 22.7. The maximum Gasteiger partial charge on any atom is 0.410 e. The Bertz CT molecular complexity index is 1700. The van der Waals surface area contributed by atoms with Gasteiger partial charge in [-0.1, -0.05) is 23.2 Å². The van der Waals surface area contributed by atoms with E-state index >= 15 is 0 Å². The van der Waals surface area contributed by atoms with Crippen molar-refractivity contribution in [3.8, 4) is 17.2 Å². The zero-order chi connectivity index (χ0) is 29.2. The quantitative estimate of drug-likeness (QED) is 0.300. The summed E-state index contributed by atoms with van der Waals surface area (Å²) in [5.41, 5.74) is -0.717. The van der Waals surface area contributed by atoms with Gasteiger partial charge in [0.05, 0.1) is 11.6 Å². The van der Waals surface area contributed by atoms with Crippen LogP contribution in [-0.4, -0.2) is 72.6 Å². The van der Waals surface area contributed by atoms with Crippen molar-refractivity contribution in [2.45, 2.75) is 25.3 Å². The molecule has 3 aromatic heterocycles. The molecule has 4 rings (SSSR count). The summed E-state index contributed by atoms with van der Waals surface area (Å²) in [5, 5.41) is 10.7. The number of aromatic nitrogens is 7. The van der Waals surface area contributed by atoms with Crippen molar-refractivity contribution in [3.63, 3.8) is 0 Å². The van der Waals surface area contributed by atoms with Gasteiger partial charge in [0.25, 0.3) is 0 Å². The number of alkyl halides is 3. The Morgan fingerprint density at radius 2 is 1.80 bits per heavy atom. The molecule has 0 saturated carbocycles. The van der Waals surface area contributed by atoms with Crippen LogP contribution in [0, 0.1) is 0 Å². The van der Waals surface area contributed by atoms with Gasteiger partial charge in [-0.05, 0) is 36.4 Å². The minimum absolute atomic E-state index is 0.0740. The summed E-state index contributed by atoms with van der Waals surface area (Å²) in [5.74, 6) is -2.36. The molecule has 0 unspecified atom stereocenters. The fraction of sp³-hybridized carbons (Fsp3) is 0.273. The average Bonchev–Trinajstić information content (AvgIpc) is 3.43. The number of carbonyl (C=O) groups is 1. The van der Waals surface area contributed by atoms with Crippen LogP contribution in [0.15, 0.2) is 53.7 Å². The maximum atomic E-state index is 13.9. The van der Waals surface area contributed by atoms with E-state index in [1.807, 2.05) is 0 Å². The molecule has 1 aromatic carbocycles. The van der Waals surface area contributed by atoms with E-state index in [1.165, 1.54) is 41.5 Å². The van der Waals surface area contributed by atoms with Crippen LogP contribution in [0.3, 0.4) is 0 Å². The average molecular weight is 619 g/mol. The van der Waals surface area contributed by atoms with E-state index in [-0.39, 0.29) is 34.6 Å². The number of rotatable bonds is 9. The second-order valence-corrected chi connectivity index (χ2v) is 11.5. The van der Waals surface area contributed by atoms with Crippen LogP contribution in [0.2, 0.25) is 10.0 Å². The van der Waals surface area contributed by atoms with Gasteiger partial charge in [-0.25, -0.2) is 32.5 Å². The molecule has 0 aliphatic carbocycles. The first kappa shape index (κ1) is 29.2. The standard InChI is InChI=1S/C22H19Cl2F3N8O4S/c1-40(38,39)11-18(36)30-16(22(25,26)27)9-33-19(13-4-6-14(23)7-5-13)32-34(21(33)37)10-17-29-12-35(31-17)20-15(24)3-2-8-28-20/h2-8,12,16H,9-11H2,1H3,(H,30,36)/t16-/m0/s1. The zero-order valence-electron chi connectivity index (χ0n) is 20.4. The van der Waals surface area contributed by atoms with E-state index in [4.69, 9.17) is 23.2 Å². The Hall–Kier alpha value is -3.76. The SMILES string of the molecule is CS(=O)(=O)CC(=O)N[C@@H](Cn1c(-c2ccc(Cl)cc2)nn(Cc2ncn(-c3ncccc3Cl)n2)c1=O)C(F)(F)F. The van der Waals surface area contributed by atoms with Gasteiger partial charge in [0.1, 0.15) is 24.7 Å². The summed E-state index contributed by atoms with van der Waals surface area (Å²) in [6, 6.07) is 6.41. The molecule has 3 heterocycles. The molecule has 4 aromatic rings. The number of hydrogen-bond donors (Lipinski definition) is 1. The first-order valence-corrected chi connectivity index (χ1v) is 14.0. The lowest BCUT2D eigenvalue weighted by molar-refractivity contribution is -0.163. The Morgan fingerprint density at radius 3 is 2.42 bits per heavy atom. The van der Waals surface area contributed by atoms with Gasteiger partial charge in [0, 0.05) is 23.0 Å². The number of benzene rings is 1. The fourth-order valence-electron chi connectivity index (χ4n) is 3.56. The van der Waals surface area contributed by atoms with Crippen LogP contribution in [0.1, 0.15) is 5.82 Å². The van der Waals surface area contributed by atoms with Crippen LogP contribution < -0.4 is 11.0 Å². The highest BCUT2D eigenvalue weighted by atomic mass is 35.5. The third kappa shape index (κ3) is 7.05. The summed E-state index contributed by atoms with van der Waals surface area (Å²) in [4.78, 5) is 33.5. The highest BCUT2D eigenvalue weighted by Crippen LogP contribution is 2.24. The molecule has 0 bridgehead atoms. The molecule has 0 fully saturated rings. The predicted molar refractivity (Wildman–Crippen MR) is 138 cm³/mol. The highest BCUT2D eigenvalue weighted by molar-refractivity contribution is 7.91. The van der Waals surface area contributed by atoms with Gasteiger partial charge >= 0.3 is 11.9 Å². The highest BCUT2D eigenvalue weighted by Gasteiger charge is 2.42. The second-order valence-electron chi connectivity index (χ2n) is 8.53. The molecule has 212 valence electrons. The Balaban J connectivity index is 1.71. The van der Waals surface area contributed by atoms with Gasteiger partial charge in [-0.3, -0.25) is 9.36 Å². The lowest BCUT2D eigenvalue weighted by Gasteiger charge is -2.22. The van der Waals surface area contributed by atoms with Crippen molar-refractivity contribution >= 4 is 38.9 Å². The molecule has 18 heteroatoms. The smallest absolute Gasteiger partial charge is 0.342 e. The van der Waals surface area contributed by atoms with Crippen molar-refractivity contribution in [2.24, 2.45) is 0 Å². The monoisotopic (exact) mass is 618 g/mol. The topological polar surface area (TPSA) is 147 Å². The second kappa shape index (κ2) is 11.4. The fourth-order valence-corrected chi connectivity index (χ4v) is 4.45. The van der Waals surface area contributed by atoms with E-state index in [2.05, 4.69) is 20.2 Å². The molecule has 0 aliphatic heterocycles. The molecule has 1 atom stereocenters. The third-order valence-corrected chi connectivity index (χ3v) is 6.63. The third-order valence-electron chi connectivity index (χ3n) is 5.30. The Labute approximate surface area is 234 Å². The van der Waals surface area contributed by atoms with Gasteiger partial charge in [0.2, 0.25) is 5.91 Å². The molecular formula is C22H19Cl2F3N8O4S. The lowest BCUT2D eigenvalue weighted by Crippen LogP contribution is -2.50. The number of nitrogens with zero attached hydrogens (tertiary/aromatic N) is 7. The number of halogens is 5. The Morgan fingerprint density at radius 1 is 1.10 bits per heavy atom. The first-order valence-electron chi connectivity index (χ1n) is 11.2. The summed E-state index contributed by atoms with van der Waals surface area (Å²) >= 11 is 12.1. The molecule has 40 heavy (non-hydrogen) atoms. The molecule has 1 N–H and O–H groups in total. The number of sulfone groups is 1. The predicted octanol–water partition coefficient (Wildman–Crippen LogP) is 2.13. The van der Waals surface area contributed by atoms with E-state index in [0.717, 1.165) is 4.68 Å². The molecule has 0 radical (unpaired) electrons. The molecule has 0 aliphatic rings. The molecule has 0 spiro atoms. The van der Waals surface area contributed by atoms with Crippen LogP contribution in [0.4, 0.5) is 13.2 Å². The minimum atomic E-state index is -5.03. The van der Waals surface area contributed by atoms with E-state index in [9.17, 15) is 31.2 Å². The lowest BCUT2D eigenvalue weighted by atomic mass is 10.2. The summed E-state index contributed by atoms with van der Waals surface area (Å²) in [6.07, 6.45) is -1.55. The van der Waals surface area contributed by atoms with Crippen molar-refractivity contribution in [1.82, 2.24) is 39.4 Å². The normalized spacial score (nSPS) is 12.8. The van der Waals surface area contributed by atoms with Gasteiger partial charge in [-0.15, -0.1) is 10.2 Å². The van der Waals surface area contributed by atoms with Gasteiger partial charge in [-0.2, -0.15) is 13.2 Å². The van der Waals surface area contributed by atoms with E-state index in [0.29, 0.717) is 15.8 Å². The van der Waals surface area contributed by atoms with E-state index in [1.54, 1.807) is 17.4 Å². The Kier molecular flexibility index (Phi) is 8.32. The number of pyridine rings is 1. The summed E-state index contributed by atoms with van der Waals surface area (Å²) < 4.78 is 67.3. The van der Waals surface area contributed by atoms with Gasteiger partial charge < -0.3 is 5.32 Å².